The molecule has 34 heavy (non-hydrogen) atoms. The Balaban J connectivity index is 1.50. The molecule has 9 nitrogen and oxygen atoms in total. The van der Waals surface area contributed by atoms with Gasteiger partial charge in [0.25, 0.3) is 5.56 Å². The molecule has 170 valence electrons. The number of ether oxygens (including phenoxy) is 1. The molecule has 0 amide bonds. The van der Waals surface area contributed by atoms with Crippen molar-refractivity contribution in [1.29, 1.82) is 0 Å². The number of H-pyrrole nitrogens is 1. The van der Waals surface area contributed by atoms with Gasteiger partial charge in [-0.15, -0.1) is 0 Å². The molecule has 0 atom stereocenters. The highest BCUT2D eigenvalue weighted by Gasteiger charge is 2.20. The van der Waals surface area contributed by atoms with E-state index in [1.54, 1.807) is 24.5 Å². The van der Waals surface area contributed by atoms with E-state index in [0.717, 1.165) is 17.1 Å². The van der Waals surface area contributed by atoms with Gasteiger partial charge in [-0.05, 0) is 30.3 Å². The summed E-state index contributed by atoms with van der Waals surface area (Å²) in [6.45, 7) is 2.66. The number of hydrogen-bond acceptors (Lipinski definition) is 6. The number of nitrogens with one attached hydrogen (secondary N) is 1. The van der Waals surface area contributed by atoms with E-state index in [9.17, 15) is 9.18 Å². The number of fused-ring (bicyclic) bond motifs is 1. The predicted molar refractivity (Wildman–Crippen MR) is 125 cm³/mol. The number of aromatic nitrogens is 6. The summed E-state index contributed by atoms with van der Waals surface area (Å²) in [5.41, 5.74) is 3.56. The molecular weight excluding hydrogens is 437 g/mol. The Bertz CT molecular complexity index is 1530. The van der Waals surface area contributed by atoms with Gasteiger partial charge in [0.15, 0.2) is 5.65 Å². The Labute approximate surface area is 193 Å². The van der Waals surface area contributed by atoms with E-state index >= 15 is 0 Å². The first-order valence-electron chi connectivity index (χ1n) is 10.9. The number of nitrogens with zero attached hydrogens (tertiary/aromatic N) is 6. The van der Waals surface area contributed by atoms with Crippen LogP contribution in [0, 0.1) is 5.82 Å². The van der Waals surface area contributed by atoms with Gasteiger partial charge in [0.05, 0.1) is 36.0 Å². The lowest BCUT2D eigenvalue weighted by molar-refractivity contribution is 0.122. The maximum atomic E-state index is 13.7. The lowest BCUT2D eigenvalue weighted by atomic mass is 10.2. The van der Waals surface area contributed by atoms with Crippen LogP contribution in [0.2, 0.25) is 0 Å². The van der Waals surface area contributed by atoms with Gasteiger partial charge in [-0.2, -0.15) is 9.61 Å². The fourth-order valence-electron chi connectivity index (χ4n) is 4.11. The highest BCUT2D eigenvalue weighted by molar-refractivity contribution is 5.69. The molecule has 0 aliphatic carbocycles. The van der Waals surface area contributed by atoms with Crippen LogP contribution in [-0.4, -0.2) is 55.7 Å². The molecule has 0 saturated carbocycles. The zero-order chi connectivity index (χ0) is 23.1. The average Bonchev–Trinajstić information content (AvgIpc) is 3.48. The van der Waals surface area contributed by atoms with Crippen LogP contribution >= 0.6 is 0 Å². The first-order valence-corrected chi connectivity index (χ1v) is 10.9. The maximum Gasteiger partial charge on any atom is 0.271 e. The van der Waals surface area contributed by atoms with Crippen LogP contribution in [-0.2, 0) is 4.74 Å². The number of halogens is 1. The topological polar surface area (TPSA) is 93.3 Å². The predicted octanol–water partition coefficient (Wildman–Crippen LogP) is 2.91. The van der Waals surface area contributed by atoms with Crippen LogP contribution in [0.25, 0.3) is 34.0 Å². The second-order valence-electron chi connectivity index (χ2n) is 7.96. The fourth-order valence-corrected chi connectivity index (χ4v) is 4.11. The lowest BCUT2D eigenvalue weighted by Gasteiger charge is -2.29. The molecule has 5 aromatic rings. The molecule has 1 saturated heterocycles. The van der Waals surface area contributed by atoms with Crippen molar-refractivity contribution in [2.45, 2.75) is 0 Å². The number of hydrogen-bond donors (Lipinski definition) is 1. The van der Waals surface area contributed by atoms with E-state index in [0.29, 0.717) is 49.0 Å². The van der Waals surface area contributed by atoms with Crippen LogP contribution < -0.4 is 10.5 Å². The molecule has 0 spiro atoms. The van der Waals surface area contributed by atoms with E-state index in [1.165, 1.54) is 22.9 Å². The number of benzene rings is 1. The second kappa shape index (κ2) is 8.23. The number of rotatable bonds is 4. The van der Waals surface area contributed by atoms with Crippen molar-refractivity contribution in [2.24, 2.45) is 0 Å². The van der Waals surface area contributed by atoms with Gasteiger partial charge in [-0.25, -0.2) is 14.1 Å². The smallest absolute Gasteiger partial charge is 0.271 e. The van der Waals surface area contributed by atoms with E-state index < -0.39 is 5.82 Å². The molecule has 1 N–H and O–H groups in total. The first kappa shape index (κ1) is 20.3. The van der Waals surface area contributed by atoms with Crippen LogP contribution in [0.15, 0.2) is 71.8 Å². The number of morpholine rings is 1. The van der Waals surface area contributed by atoms with Crippen molar-refractivity contribution in [3.63, 3.8) is 0 Å². The molecule has 0 bridgehead atoms. The fraction of sp³-hybridized carbons (Fsp3) is 0.167. The van der Waals surface area contributed by atoms with Gasteiger partial charge in [-0.3, -0.25) is 14.9 Å². The molecule has 0 unspecified atom stereocenters. The minimum atomic E-state index is -0.419. The van der Waals surface area contributed by atoms with Crippen molar-refractivity contribution in [1.82, 2.24) is 29.4 Å². The third-order valence-electron chi connectivity index (χ3n) is 5.78. The van der Waals surface area contributed by atoms with Crippen molar-refractivity contribution < 1.29 is 9.13 Å². The molecule has 5 heterocycles. The summed E-state index contributed by atoms with van der Waals surface area (Å²) >= 11 is 0. The molecule has 1 aromatic carbocycles. The maximum absolute atomic E-state index is 13.7. The molecular formula is C24H20FN7O2. The largest absolute Gasteiger partial charge is 0.378 e. The summed E-state index contributed by atoms with van der Waals surface area (Å²) in [5.74, 6) is 0.431. The quantitative estimate of drug-likeness (QED) is 0.446. The van der Waals surface area contributed by atoms with Crippen molar-refractivity contribution >= 4 is 11.5 Å². The minimum absolute atomic E-state index is 0.304. The Morgan fingerprint density at radius 2 is 1.79 bits per heavy atom. The Morgan fingerprint density at radius 1 is 0.971 bits per heavy atom. The molecule has 4 aromatic heterocycles. The van der Waals surface area contributed by atoms with Crippen molar-refractivity contribution in [3.8, 4) is 28.3 Å². The van der Waals surface area contributed by atoms with Crippen LogP contribution in [0.3, 0.4) is 0 Å². The van der Waals surface area contributed by atoms with Gasteiger partial charge in [-0.1, -0.05) is 6.07 Å². The van der Waals surface area contributed by atoms with E-state index in [-0.39, 0.29) is 5.56 Å². The van der Waals surface area contributed by atoms with Gasteiger partial charge in [0.1, 0.15) is 11.6 Å². The molecule has 10 heteroatoms. The van der Waals surface area contributed by atoms with Crippen molar-refractivity contribution in [3.05, 3.63) is 83.2 Å². The lowest BCUT2D eigenvalue weighted by Crippen LogP contribution is -2.37. The van der Waals surface area contributed by atoms with Gasteiger partial charge >= 0.3 is 0 Å². The third kappa shape index (κ3) is 3.63. The summed E-state index contributed by atoms with van der Waals surface area (Å²) in [5, 5.41) is 7.87. The highest BCUT2D eigenvalue weighted by Crippen LogP contribution is 2.27. The van der Waals surface area contributed by atoms with Crippen LogP contribution in [0.4, 0.5) is 10.2 Å². The zero-order valence-corrected chi connectivity index (χ0v) is 18.1. The summed E-state index contributed by atoms with van der Waals surface area (Å²) in [4.78, 5) is 23.7. The molecule has 1 aliphatic rings. The normalized spacial score (nSPS) is 14.1. The summed E-state index contributed by atoms with van der Waals surface area (Å²) in [6, 6.07) is 14.9. The standard InChI is InChI=1S/C24H20FN7O2/c25-17-2-1-3-18(12-17)31-24(33)15-21(29-31)20-14-23(30-8-10-34-11-9-30)32-22(27-20)13-19(28-32)16-4-6-26-7-5-16/h1-7,12-15,29H,8-11H2. The van der Waals surface area contributed by atoms with Gasteiger partial charge in [0.2, 0.25) is 0 Å². The molecule has 0 radical (unpaired) electrons. The highest BCUT2D eigenvalue weighted by atomic mass is 19.1. The second-order valence-corrected chi connectivity index (χ2v) is 7.96. The zero-order valence-electron chi connectivity index (χ0n) is 18.1. The first-order chi connectivity index (χ1) is 16.7. The van der Waals surface area contributed by atoms with Crippen LogP contribution in [0.1, 0.15) is 0 Å². The minimum Gasteiger partial charge on any atom is -0.378 e. The van der Waals surface area contributed by atoms with Crippen molar-refractivity contribution in [2.75, 3.05) is 31.2 Å². The van der Waals surface area contributed by atoms with E-state index in [1.807, 2.05) is 28.8 Å². The monoisotopic (exact) mass is 457 g/mol. The third-order valence-corrected chi connectivity index (χ3v) is 5.78. The number of aromatic amines is 1. The van der Waals surface area contributed by atoms with Gasteiger partial charge < -0.3 is 9.64 Å². The summed E-state index contributed by atoms with van der Waals surface area (Å²) in [6.07, 6.45) is 3.45. The Hall–Kier alpha value is -4.31. The Kier molecular flexibility index (Phi) is 4.92. The Morgan fingerprint density at radius 3 is 2.59 bits per heavy atom. The average molecular weight is 457 g/mol. The molecule has 1 aliphatic heterocycles. The molecule has 6 rings (SSSR count). The van der Waals surface area contributed by atoms with E-state index in [4.69, 9.17) is 14.8 Å². The SMILES string of the molecule is O=c1cc(-c2cc(N3CCOCC3)n3nc(-c4ccncc4)cc3n2)[nH]n1-c1cccc(F)c1. The summed E-state index contributed by atoms with van der Waals surface area (Å²) < 4.78 is 22.4. The summed E-state index contributed by atoms with van der Waals surface area (Å²) in [7, 11) is 0. The number of anilines is 1. The molecule has 1 fully saturated rings. The number of pyridine rings is 1. The van der Waals surface area contributed by atoms with Gasteiger partial charge in [0, 0.05) is 49.2 Å². The van der Waals surface area contributed by atoms with Crippen LogP contribution in [0.5, 0.6) is 0 Å². The van der Waals surface area contributed by atoms with E-state index in [2.05, 4.69) is 15.0 Å².